The summed E-state index contributed by atoms with van der Waals surface area (Å²) in [6, 6.07) is 7.38. The zero-order valence-corrected chi connectivity index (χ0v) is 15.9. The van der Waals surface area contributed by atoms with Gasteiger partial charge in [-0.3, -0.25) is 4.79 Å². The number of aliphatic carboxylic acids is 1. The summed E-state index contributed by atoms with van der Waals surface area (Å²) in [5.41, 5.74) is 0.401. The highest BCUT2D eigenvalue weighted by atomic mass is 16.5. The van der Waals surface area contributed by atoms with Crippen LogP contribution in [0.25, 0.3) is 11.4 Å². The van der Waals surface area contributed by atoms with E-state index in [1.807, 2.05) is 51.1 Å². The zero-order chi connectivity index (χ0) is 20.0. The first kappa shape index (κ1) is 20.5. The molecule has 2 atom stereocenters. The van der Waals surface area contributed by atoms with Crippen LogP contribution in [0.4, 0.5) is 0 Å². The van der Waals surface area contributed by atoms with E-state index in [-0.39, 0.29) is 18.6 Å². The van der Waals surface area contributed by atoms with Crippen molar-refractivity contribution in [1.29, 1.82) is 0 Å². The highest BCUT2D eigenvalue weighted by Crippen LogP contribution is 2.14. The number of hydrogen-bond acceptors (Lipinski definition) is 6. The number of rotatable bonds is 8. The zero-order valence-electron chi connectivity index (χ0n) is 15.9. The van der Waals surface area contributed by atoms with Gasteiger partial charge in [-0.1, -0.05) is 30.3 Å². The fourth-order valence-electron chi connectivity index (χ4n) is 2.23. The number of hydrogen-bond donors (Lipinski definition) is 2. The van der Waals surface area contributed by atoms with Crippen LogP contribution in [-0.4, -0.2) is 55.4 Å². The average molecular weight is 375 g/mol. The van der Waals surface area contributed by atoms with Crippen molar-refractivity contribution < 1.29 is 19.4 Å². The van der Waals surface area contributed by atoms with E-state index >= 15 is 0 Å². The van der Waals surface area contributed by atoms with Gasteiger partial charge in [-0.25, -0.2) is 4.79 Å². The molecule has 0 fully saturated rings. The van der Waals surface area contributed by atoms with Crippen LogP contribution in [0, 0.1) is 0 Å². The van der Waals surface area contributed by atoms with Crippen LogP contribution in [0.2, 0.25) is 0 Å². The molecule has 27 heavy (non-hydrogen) atoms. The summed E-state index contributed by atoms with van der Waals surface area (Å²) in [5.74, 6) is -1.23. The van der Waals surface area contributed by atoms with Crippen molar-refractivity contribution in [2.45, 2.75) is 51.8 Å². The summed E-state index contributed by atoms with van der Waals surface area (Å²) >= 11 is 0. The first-order valence-corrected chi connectivity index (χ1v) is 8.69. The first-order valence-electron chi connectivity index (χ1n) is 8.69. The Bertz CT molecular complexity index is 770. The van der Waals surface area contributed by atoms with E-state index in [0.717, 1.165) is 5.56 Å². The Morgan fingerprint density at radius 2 is 1.93 bits per heavy atom. The minimum Gasteiger partial charge on any atom is -0.480 e. The fourth-order valence-corrected chi connectivity index (χ4v) is 2.23. The molecule has 0 aliphatic rings. The van der Waals surface area contributed by atoms with Gasteiger partial charge in [-0.15, -0.1) is 10.2 Å². The van der Waals surface area contributed by atoms with Crippen LogP contribution in [0.15, 0.2) is 30.3 Å². The van der Waals surface area contributed by atoms with Crippen molar-refractivity contribution >= 4 is 11.9 Å². The molecule has 0 aliphatic heterocycles. The van der Waals surface area contributed by atoms with Crippen molar-refractivity contribution in [3.05, 3.63) is 30.3 Å². The van der Waals surface area contributed by atoms with Gasteiger partial charge in [0.15, 0.2) is 0 Å². The molecule has 0 radical (unpaired) electrons. The van der Waals surface area contributed by atoms with Gasteiger partial charge < -0.3 is 15.2 Å². The number of carbonyl (C=O) groups is 2. The first-order chi connectivity index (χ1) is 12.7. The summed E-state index contributed by atoms with van der Waals surface area (Å²) in [4.78, 5) is 25.0. The third-order valence-electron chi connectivity index (χ3n) is 3.74. The topological polar surface area (TPSA) is 119 Å². The summed E-state index contributed by atoms with van der Waals surface area (Å²) in [6.45, 7) is 7.43. The number of carboxylic acids is 1. The largest absolute Gasteiger partial charge is 0.480 e. The number of nitrogens with one attached hydrogen (secondary N) is 1. The minimum absolute atomic E-state index is 0.158. The lowest BCUT2D eigenvalue weighted by atomic mass is 10.1. The fraction of sp³-hybridized carbons (Fsp3) is 0.500. The van der Waals surface area contributed by atoms with Crippen molar-refractivity contribution in [3.8, 4) is 11.4 Å². The average Bonchev–Trinajstić information content (AvgIpc) is 3.09. The second-order valence-corrected chi connectivity index (χ2v) is 7.12. The summed E-state index contributed by atoms with van der Waals surface area (Å²) in [6.07, 6.45) is 0.158. The third kappa shape index (κ3) is 6.14. The predicted octanol–water partition coefficient (Wildman–Crippen LogP) is 1.68. The molecule has 9 nitrogen and oxygen atoms in total. The maximum Gasteiger partial charge on any atom is 0.326 e. The van der Waals surface area contributed by atoms with E-state index < -0.39 is 24.0 Å². The molecular formula is C18H25N5O4. The van der Waals surface area contributed by atoms with E-state index in [2.05, 4.69) is 20.7 Å². The van der Waals surface area contributed by atoms with Crippen molar-refractivity contribution in [2.75, 3.05) is 6.61 Å². The highest BCUT2D eigenvalue weighted by Gasteiger charge is 2.26. The molecule has 1 aromatic heterocycles. The Hall–Kier alpha value is -2.81. The van der Waals surface area contributed by atoms with Crippen molar-refractivity contribution in [3.63, 3.8) is 0 Å². The summed E-state index contributed by atoms with van der Waals surface area (Å²) in [7, 11) is 0. The van der Waals surface area contributed by atoms with Gasteiger partial charge >= 0.3 is 5.97 Å². The quantitative estimate of drug-likeness (QED) is 0.720. The van der Waals surface area contributed by atoms with E-state index in [1.165, 1.54) is 4.80 Å². The molecule has 2 unspecified atom stereocenters. The lowest BCUT2D eigenvalue weighted by Crippen LogP contribution is -2.44. The molecule has 1 aromatic carbocycles. The number of ether oxygens (including phenoxy) is 1. The predicted molar refractivity (Wildman–Crippen MR) is 97.9 cm³/mol. The number of aromatic nitrogens is 4. The van der Waals surface area contributed by atoms with Crippen LogP contribution in [0.1, 0.15) is 40.2 Å². The monoisotopic (exact) mass is 375 g/mol. The standard InChI is InChI=1S/C18H25N5O4/c1-12(23-21-15(20-22-23)13-8-6-5-7-9-13)16(24)19-14(17(25)26)10-11-27-18(2,3)4/h5-9,12,14H,10-11H2,1-4H3,(H,19,24)(H,25,26). The Balaban J connectivity index is 1.99. The molecule has 9 heteroatoms. The molecular weight excluding hydrogens is 350 g/mol. The molecule has 0 spiro atoms. The molecule has 2 aromatic rings. The lowest BCUT2D eigenvalue weighted by molar-refractivity contribution is -0.143. The smallest absolute Gasteiger partial charge is 0.326 e. The Morgan fingerprint density at radius 3 is 2.52 bits per heavy atom. The van der Waals surface area contributed by atoms with Crippen LogP contribution < -0.4 is 5.32 Å². The molecule has 2 rings (SSSR count). The van der Waals surface area contributed by atoms with Gasteiger partial charge in [0.05, 0.1) is 5.60 Å². The minimum atomic E-state index is -1.12. The molecule has 146 valence electrons. The Kier molecular flexibility index (Phi) is 6.62. The molecule has 0 saturated carbocycles. The summed E-state index contributed by atoms with van der Waals surface area (Å²) in [5, 5.41) is 23.9. The van der Waals surface area contributed by atoms with Gasteiger partial charge in [0.1, 0.15) is 12.1 Å². The van der Waals surface area contributed by atoms with Crippen molar-refractivity contribution in [1.82, 2.24) is 25.5 Å². The molecule has 0 aliphatic carbocycles. The van der Waals surface area contributed by atoms with Gasteiger partial charge in [0, 0.05) is 18.6 Å². The van der Waals surface area contributed by atoms with Gasteiger partial charge in [-0.2, -0.15) is 4.80 Å². The number of amides is 1. The number of carbonyl (C=O) groups excluding carboxylic acids is 1. The van der Waals surface area contributed by atoms with Gasteiger partial charge in [0.25, 0.3) is 0 Å². The van der Waals surface area contributed by atoms with Crippen LogP contribution in [0.3, 0.4) is 0 Å². The van der Waals surface area contributed by atoms with E-state index in [9.17, 15) is 14.7 Å². The highest BCUT2D eigenvalue weighted by molar-refractivity contribution is 5.85. The Morgan fingerprint density at radius 1 is 1.26 bits per heavy atom. The number of benzene rings is 1. The van der Waals surface area contributed by atoms with Gasteiger partial charge in [0.2, 0.25) is 11.7 Å². The van der Waals surface area contributed by atoms with E-state index in [1.54, 1.807) is 6.92 Å². The number of nitrogens with zero attached hydrogens (tertiary/aromatic N) is 4. The van der Waals surface area contributed by atoms with E-state index in [0.29, 0.717) is 5.82 Å². The van der Waals surface area contributed by atoms with Crippen molar-refractivity contribution in [2.24, 2.45) is 0 Å². The maximum absolute atomic E-state index is 12.4. The molecule has 2 N–H and O–H groups in total. The number of carboxylic acid groups (broad SMARTS) is 1. The van der Waals surface area contributed by atoms with E-state index in [4.69, 9.17) is 4.74 Å². The third-order valence-corrected chi connectivity index (χ3v) is 3.74. The lowest BCUT2D eigenvalue weighted by Gasteiger charge is -2.22. The van der Waals surface area contributed by atoms with Crippen LogP contribution in [-0.2, 0) is 14.3 Å². The van der Waals surface area contributed by atoms with Gasteiger partial charge in [-0.05, 0) is 32.9 Å². The summed E-state index contributed by atoms with van der Waals surface area (Å²) < 4.78 is 5.53. The molecule has 1 heterocycles. The molecule has 0 bridgehead atoms. The number of tetrazole rings is 1. The normalized spacial score (nSPS) is 13.8. The van der Waals surface area contributed by atoms with Crippen LogP contribution >= 0.6 is 0 Å². The van der Waals surface area contributed by atoms with Crippen LogP contribution in [0.5, 0.6) is 0 Å². The second kappa shape index (κ2) is 8.72. The second-order valence-electron chi connectivity index (χ2n) is 7.12. The maximum atomic E-state index is 12.4. The SMILES string of the molecule is CC(C(=O)NC(CCOC(C)(C)C)C(=O)O)n1nnc(-c2ccccc2)n1. The molecule has 1 amide bonds. The molecule has 0 saturated heterocycles. The Labute approximate surface area is 157 Å².